The lowest BCUT2D eigenvalue weighted by molar-refractivity contribution is -0.124. The predicted octanol–water partition coefficient (Wildman–Crippen LogP) is 2.91. The Bertz CT molecular complexity index is 1090. The van der Waals surface area contributed by atoms with Crippen LogP contribution in [0.4, 0.5) is 11.5 Å². The van der Waals surface area contributed by atoms with Gasteiger partial charge in [0.1, 0.15) is 5.82 Å². The molecule has 3 atom stereocenters. The fraction of sp³-hybridized carbons (Fsp3) is 0.600. The van der Waals surface area contributed by atoms with Gasteiger partial charge in [-0.15, -0.1) is 0 Å². The molecule has 2 N–H and O–H groups in total. The van der Waals surface area contributed by atoms with Crippen molar-refractivity contribution in [2.45, 2.75) is 44.4 Å². The third kappa shape index (κ3) is 4.27. The van der Waals surface area contributed by atoms with Gasteiger partial charge in [-0.05, 0) is 50.8 Å². The molecule has 3 aliphatic rings. The summed E-state index contributed by atoms with van der Waals surface area (Å²) in [5.41, 5.74) is 0.161. The molecular weight excluding hydrogens is 456 g/mol. The Kier molecular flexibility index (Phi) is 6.23. The number of pyridine rings is 1. The SMILES string of the molecule is CC1(C)OCC[C@@H]1C(=O)Nc1cc2cc(N3CCN([C@]4(C)COC[C@@H]4O)CC3)c(Cl)cc2cn1. The normalized spacial score (nSPS) is 29.6. The molecule has 1 aromatic carbocycles. The molecule has 3 aliphatic heterocycles. The van der Waals surface area contributed by atoms with Gasteiger partial charge in [0.05, 0.1) is 47.1 Å². The number of rotatable bonds is 4. The number of aromatic nitrogens is 1. The largest absolute Gasteiger partial charge is 0.389 e. The average Bonchev–Trinajstić information content (AvgIpc) is 3.34. The molecule has 4 heterocycles. The molecule has 184 valence electrons. The quantitative estimate of drug-likeness (QED) is 0.684. The second-order valence-electron chi connectivity index (χ2n) is 10.4. The van der Waals surface area contributed by atoms with Crippen LogP contribution in [0, 0.1) is 5.92 Å². The van der Waals surface area contributed by atoms with E-state index in [1.807, 2.05) is 26.0 Å². The van der Waals surface area contributed by atoms with E-state index >= 15 is 0 Å². The number of fused-ring (bicyclic) bond motifs is 1. The van der Waals surface area contributed by atoms with E-state index in [0.717, 1.165) is 42.6 Å². The average molecular weight is 489 g/mol. The minimum absolute atomic E-state index is 0.0637. The Morgan fingerprint density at radius 2 is 1.94 bits per heavy atom. The van der Waals surface area contributed by atoms with Crippen molar-refractivity contribution < 1.29 is 19.4 Å². The molecular formula is C25H33ClN4O4. The van der Waals surface area contributed by atoms with Crippen LogP contribution in [0.25, 0.3) is 10.8 Å². The van der Waals surface area contributed by atoms with E-state index in [4.69, 9.17) is 21.1 Å². The second-order valence-corrected chi connectivity index (χ2v) is 10.8. The van der Waals surface area contributed by atoms with Crippen LogP contribution in [0.15, 0.2) is 24.4 Å². The smallest absolute Gasteiger partial charge is 0.231 e. The maximum absolute atomic E-state index is 12.8. The topological polar surface area (TPSA) is 87.2 Å². The Morgan fingerprint density at radius 3 is 2.59 bits per heavy atom. The van der Waals surface area contributed by atoms with E-state index in [1.54, 1.807) is 6.20 Å². The summed E-state index contributed by atoms with van der Waals surface area (Å²) in [4.78, 5) is 21.9. The predicted molar refractivity (Wildman–Crippen MR) is 133 cm³/mol. The molecule has 0 spiro atoms. The number of hydrogen-bond donors (Lipinski definition) is 2. The molecule has 34 heavy (non-hydrogen) atoms. The Morgan fingerprint density at radius 1 is 1.18 bits per heavy atom. The number of nitrogens with one attached hydrogen (secondary N) is 1. The second kappa shape index (κ2) is 8.91. The zero-order valence-corrected chi connectivity index (χ0v) is 20.8. The molecule has 0 unspecified atom stereocenters. The third-order valence-electron chi connectivity index (χ3n) is 7.81. The van der Waals surface area contributed by atoms with Gasteiger partial charge < -0.3 is 24.8 Å². The van der Waals surface area contributed by atoms with Crippen LogP contribution in [-0.4, -0.2) is 84.1 Å². The number of carbonyl (C=O) groups excluding carboxylic acids is 1. The summed E-state index contributed by atoms with van der Waals surface area (Å²) >= 11 is 6.67. The first-order valence-electron chi connectivity index (χ1n) is 12.0. The standard InChI is InChI=1S/C25H33ClN4O4/c1-24(2)18(4-9-34-24)23(32)28-22-12-16-11-20(19(26)10-17(16)13-27-22)29-5-7-30(8-6-29)25(3)15-33-14-21(25)31/h10-13,18,21,31H,4-9,14-15H2,1-3H3,(H,27,28,32)/t18-,21+,25-/m1/s1. The van der Waals surface area contributed by atoms with Crippen molar-refractivity contribution in [3.8, 4) is 0 Å². The third-order valence-corrected chi connectivity index (χ3v) is 8.11. The molecule has 0 saturated carbocycles. The molecule has 3 fully saturated rings. The van der Waals surface area contributed by atoms with Gasteiger partial charge in [0.2, 0.25) is 5.91 Å². The fourth-order valence-electron chi connectivity index (χ4n) is 5.43. The lowest BCUT2D eigenvalue weighted by atomic mass is 9.90. The van der Waals surface area contributed by atoms with Gasteiger partial charge in [-0.2, -0.15) is 0 Å². The van der Waals surface area contributed by atoms with Crippen molar-refractivity contribution in [1.29, 1.82) is 0 Å². The number of hydrogen-bond acceptors (Lipinski definition) is 7. The fourth-order valence-corrected chi connectivity index (χ4v) is 5.72. The van der Waals surface area contributed by atoms with Crippen molar-refractivity contribution in [3.05, 3.63) is 29.4 Å². The molecule has 1 aromatic heterocycles. The number of nitrogens with zero attached hydrogens (tertiary/aromatic N) is 3. The molecule has 3 saturated heterocycles. The molecule has 1 amide bonds. The first-order chi connectivity index (χ1) is 16.2. The Balaban J connectivity index is 1.32. The van der Waals surface area contributed by atoms with Gasteiger partial charge in [-0.25, -0.2) is 4.98 Å². The zero-order valence-electron chi connectivity index (χ0n) is 20.0. The van der Waals surface area contributed by atoms with Crippen molar-refractivity contribution in [3.63, 3.8) is 0 Å². The maximum Gasteiger partial charge on any atom is 0.231 e. The molecule has 0 aliphatic carbocycles. The number of benzene rings is 1. The monoisotopic (exact) mass is 488 g/mol. The van der Waals surface area contributed by atoms with Crippen molar-refractivity contribution in [1.82, 2.24) is 9.88 Å². The van der Waals surface area contributed by atoms with E-state index in [1.165, 1.54) is 0 Å². The number of ether oxygens (including phenoxy) is 2. The van der Waals surface area contributed by atoms with Crippen LogP contribution in [-0.2, 0) is 14.3 Å². The highest BCUT2D eigenvalue weighted by atomic mass is 35.5. The summed E-state index contributed by atoms with van der Waals surface area (Å²) in [6, 6.07) is 5.91. The van der Waals surface area contributed by atoms with Gasteiger partial charge in [-0.3, -0.25) is 9.69 Å². The van der Waals surface area contributed by atoms with Crippen LogP contribution < -0.4 is 10.2 Å². The van der Waals surface area contributed by atoms with Gasteiger partial charge >= 0.3 is 0 Å². The highest BCUT2D eigenvalue weighted by Crippen LogP contribution is 2.35. The Hall–Kier alpha value is -1.97. The summed E-state index contributed by atoms with van der Waals surface area (Å²) in [5.74, 6) is 0.264. The highest BCUT2D eigenvalue weighted by molar-refractivity contribution is 6.34. The van der Waals surface area contributed by atoms with Crippen molar-refractivity contribution in [2.24, 2.45) is 5.92 Å². The van der Waals surface area contributed by atoms with E-state index in [0.29, 0.717) is 37.1 Å². The van der Waals surface area contributed by atoms with Crippen LogP contribution in [0.2, 0.25) is 5.02 Å². The highest BCUT2D eigenvalue weighted by Gasteiger charge is 2.45. The van der Waals surface area contributed by atoms with Gasteiger partial charge in [-0.1, -0.05) is 11.6 Å². The van der Waals surface area contributed by atoms with Crippen molar-refractivity contribution >= 4 is 39.8 Å². The number of halogens is 1. The number of aliphatic hydroxyl groups excluding tert-OH is 1. The number of anilines is 2. The minimum Gasteiger partial charge on any atom is -0.389 e. The Labute approximate surface area is 205 Å². The molecule has 8 nitrogen and oxygen atoms in total. The maximum atomic E-state index is 12.8. The van der Waals surface area contributed by atoms with E-state index in [2.05, 4.69) is 33.1 Å². The summed E-state index contributed by atoms with van der Waals surface area (Å²) in [6.45, 7) is 10.8. The minimum atomic E-state index is -0.471. The number of aliphatic hydroxyl groups is 1. The zero-order chi connectivity index (χ0) is 24.1. The first-order valence-corrected chi connectivity index (χ1v) is 12.4. The lowest BCUT2D eigenvalue weighted by Crippen LogP contribution is -2.60. The van der Waals surface area contributed by atoms with Crippen LogP contribution >= 0.6 is 11.6 Å². The summed E-state index contributed by atoms with van der Waals surface area (Å²) in [7, 11) is 0. The first kappa shape index (κ1) is 23.8. The number of piperazine rings is 1. The lowest BCUT2D eigenvalue weighted by Gasteiger charge is -2.45. The van der Waals surface area contributed by atoms with Gasteiger partial charge in [0, 0.05) is 44.4 Å². The van der Waals surface area contributed by atoms with Gasteiger partial charge in [0.15, 0.2) is 0 Å². The van der Waals surface area contributed by atoms with E-state index < -0.39 is 11.7 Å². The summed E-state index contributed by atoms with van der Waals surface area (Å²) in [6.07, 6.45) is 1.99. The van der Waals surface area contributed by atoms with E-state index in [9.17, 15) is 9.90 Å². The number of amides is 1. The van der Waals surface area contributed by atoms with Gasteiger partial charge in [0.25, 0.3) is 0 Å². The number of carbonyl (C=O) groups is 1. The van der Waals surface area contributed by atoms with E-state index in [-0.39, 0.29) is 17.4 Å². The van der Waals surface area contributed by atoms with Crippen LogP contribution in [0.3, 0.4) is 0 Å². The molecule has 9 heteroatoms. The summed E-state index contributed by atoms with van der Waals surface area (Å²) < 4.78 is 11.2. The molecule has 0 bridgehead atoms. The molecule has 5 rings (SSSR count). The van der Waals surface area contributed by atoms with Crippen LogP contribution in [0.1, 0.15) is 27.2 Å². The molecule has 0 radical (unpaired) electrons. The van der Waals surface area contributed by atoms with Crippen LogP contribution in [0.5, 0.6) is 0 Å². The summed E-state index contributed by atoms with van der Waals surface area (Å²) in [5, 5.41) is 15.9. The molecule has 2 aromatic rings. The van der Waals surface area contributed by atoms with Crippen molar-refractivity contribution in [2.75, 3.05) is 56.2 Å².